The Morgan fingerprint density at radius 3 is 2.35 bits per heavy atom. The standard InChI is InChI=1S/C15H22N2O3/c1-10(11-4-6-12(16)7-5-11)8-13(18)17-9-15(2,3)14(19)20/h4-7,10H,8-9,16H2,1-3H3,(H,17,18)(H,19,20). The molecule has 0 spiro atoms. The molecule has 0 radical (unpaired) electrons. The lowest BCUT2D eigenvalue weighted by molar-refractivity contribution is -0.146. The van der Waals surface area contributed by atoms with Crippen LogP contribution in [0.3, 0.4) is 0 Å². The monoisotopic (exact) mass is 278 g/mol. The lowest BCUT2D eigenvalue weighted by Crippen LogP contribution is -2.39. The van der Waals surface area contributed by atoms with Crippen molar-refractivity contribution in [3.8, 4) is 0 Å². The molecule has 4 N–H and O–H groups in total. The zero-order chi connectivity index (χ0) is 15.3. The number of anilines is 1. The highest BCUT2D eigenvalue weighted by Crippen LogP contribution is 2.20. The van der Waals surface area contributed by atoms with Crippen LogP contribution in [0.2, 0.25) is 0 Å². The number of amides is 1. The number of carboxylic acids is 1. The molecule has 110 valence electrons. The zero-order valence-corrected chi connectivity index (χ0v) is 12.1. The van der Waals surface area contributed by atoms with Gasteiger partial charge >= 0.3 is 5.97 Å². The van der Waals surface area contributed by atoms with E-state index in [1.165, 1.54) is 0 Å². The van der Waals surface area contributed by atoms with Crippen molar-refractivity contribution in [2.24, 2.45) is 5.41 Å². The summed E-state index contributed by atoms with van der Waals surface area (Å²) in [6.45, 7) is 5.24. The van der Waals surface area contributed by atoms with E-state index in [4.69, 9.17) is 10.8 Å². The molecule has 1 aromatic carbocycles. The molecule has 0 saturated carbocycles. The van der Waals surface area contributed by atoms with Gasteiger partial charge in [0.1, 0.15) is 0 Å². The van der Waals surface area contributed by atoms with Gasteiger partial charge in [-0.25, -0.2) is 0 Å². The molecule has 20 heavy (non-hydrogen) atoms. The molecule has 1 amide bonds. The largest absolute Gasteiger partial charge is 0.481 e. The van der Waals surface area contributed by atoms with Crippen molar-refractivity contribution in [3.63, 3.8) is 0 Å². The summed E-state index contributed by atoms with van der Waals surface area (Å²) in [4.78, 5) is 22.8. The second-order valence-electron chi connectivity index (χ2n) is 5.74. The van der Waals surface area contributed by atoms with Gasteiger partial charge < -0.3 is 16.2 Å². The van der Waals surface area contributed by atoms with E-state index in [9.17, 15) is 9.59 Å². The van der Waals surface area contributed by atoms with Crippen LogP contribution < -0.4 is 11.1 Å². The van der Waals surface area contributed by atoms with E-state index < -0.39 is 11.4 Å². The molecule has 0 heterocycles. The Labute approximate surface area is 119 Å². The van der Waals surface area contributed by atoms with E-state index in [1.54, 1.807) is 26.0 Å². The van der Waals surface area contributed by atoms with Crippen molar-refractivity contribution >= 4 is 17.6 Å². The van der Waals surface area contributed by atoms with E-state index in [1.807, 2.05) is 19.1 Å². The molecular formula is C15H22N2O3. The van der Waals surface area contributed by atoms with Gasteiger partial charge in [0.05, 0.1) is 5.41 Å². The van der Waals surface area contributed by atoms with E-state index in [2.05, 4.69) is 5.32 Å². The molecule has 1 rings (SSSR count). The number of benzene rings is 1. The Morgan fingerprint density at radius 2 is 1.85 bits per heavy atom. The van der Waals surface area contributed by atoms with Gasteiger partial charge in [0.2, 0.25) is 5.91 Å². The SMILES string of the molecule is CC(CC(=O)NCC(C)(C)C(=O)O)c1ccc(N)cc1. The maximum absolute atomic E-state index is 11.8. The maximum atomic E-state index is 11.8. The molecule has 0 fully saturated rings. The van der Waals surface area contributed by atoms with Crippen LogP contribution in [0.4, 0.5) is 5.69 Å². The predicted octanol–water partition coefficient (Wildman–Crippen LogP) is 1.99. The fourth-order valence-corrected chi connectivity index (χ4v) is 1.69. The summed E-state index contributed by atoms with van der Waals surface area (Å²) in [5.41, 5.74) is 6.38. The number of hydrogen-bond donors (Lipinski definition) is 3. The molecule has 0 aliphatic heterocycles. The van der Waals surface area contributed by atoms with Crippen molar-refractivity contribution < 1.29 is 14.7 Å². The first-order valence-electron chi connectivity index (χ1n) is 6.58. The van der Waals surface area contributed by atoms with Gasteiger partial charge in [-0.1, -0.05) is 19.1 Å². The fraction of sp³-hybridized carbons (Fsp3) is 0.467. The number of carboxylic acid groups (broad SMARTS) is 1. The highest BCUT2D eigenvalue weighted by molar-refractivity contribution is 5.79. The smallest absolute Gasteiger partial charge is 0.310 e. The summed E-state index contributed by atoms with van der Waals surface area (Å²) in [5, 5.41) is 11.6. The number of aliphatic carboxylic acids is 1. The highest BCUT2D eigenvalue weighted by Gasteiger charge is 2.27. The highest BCUT2D eigenvalue weighted by atomic mass is 16.4. The Bertz CT molecular complexity index is 480. The van der Waals surface area contributed by atoms with Crippen molar-refractivity contribution in [2.45, 2.75) is 33.1 Å². The van der Waals surface area contributed by atoms with Gasteiger partial charge in [-0.05, 0) is 37.5 Å². The van der Waals surface area contributed by atoms with Crippen molar-refractivity contribution in [3.05, 3.63) is 29.8 Å². The van der Waals surface area contributed by atoms with Gasteiger partial charge in [-0.15, -0.1) is 0 Å². The summed E-state index contributed by atoms with van der Waals surface area (Å²) in [6, 6.07) is 7.40. The van der Waals surface area contributed by atoms with Crippen LogP contribution >= 0.6 is 0 Å². The summed E-state index contributed by atoms with van der Waals surface area (Å²) < 4.78 is 0. The minimum absolute atomic E-state index is 0.0588. The van der Waals surface area contributed by atoms with Crippen LogP contribution in [-0.4, -0.2) is 23.5 Å². The predicted molar refractivity (Wildman–Crippen MR) is 78.3 cm³/mol. The summed E-state index contributed by atoms with van der Waals surface area (Å²) in [6.07, 6.45) is 0.319. The van der Waals surface area contributed by atoms with Gasteiger partial charge in [0, 0.05) is 18.7 Å². The van der Waals surface area contributed by atoms with Crippen LogP contribution in [-0.2, 0) is 9.59 Å². The molecule has 0 aromatic heterocycles. The first kappa shape index (κ1) is 16.0. The second-order valence-corrected chi connectivity index (χ2v) is 5.74. The van der Waals surface area contributed by atoms with Crippen LogP contribution in [0.1, 0.15) is 38.7 Å². The molecular weight excluding hydrogens is 256 g/mol. The number of carbonyl (C=O) groups is 2. The average molecular weight is 278 g/mol. The second kappa shape index (κ2) is 6.41. The third-order valence-corrected chi connectivity index (χ3v) is 3.30. The molecule has 5 heteroatoms. The minimum atomic E-state index is -0.958. The summed E-state index contributed by atoms with van der Waals surface area (Å²) >= 11 is 0. The van der Waals surface area contributed by atoms with Gasteiger partial charge in [0.25, 0.3) is 0 Å². The van der Waals surface area contributed by atoms with E-state index in [0.29, 0.717) is 12.1 Å². The molecule has 1 unspecified atom stereocenters. The molecule has 0 saturated heterocycles. The van der Waals surface area contributed by atoms with Crippen LogP contribution in [0.5, 0.6) is 0 Å². The Morgan fingerprint density at radius 1 is 1.30 bits per heavy atom. The molecule has 0 aliphatic rings. The van der Waals surface area contributed by atoms with Crippen LogP contribution in [0.15, 0.2) is 24.3 Å². The minimum Gasteiger partial charge on any atom is -0.481 e. The Hall–Kier alpha value is -2.04. The van der Waals surface area contributed by atoms with Crippen molar-refractivity contribution in [1.29, 1.82) is 0 Å². The summed E-state index contributed by atoms with van der Waals surface area (Å²) in [7, 11) is 0. The number of nitrogens with one attached hydrogen (secondary N) is 1. The molecule has 5 nitrogen and oxygen atoms in total. The molecule has 0 aliphatic carbocycles. The fourth-order valence-electron chi connectivity index (χ4n) is 1.69. The number of nitrogens with two attached hydrogens (primary N) is 1. The number of rotatable bonds is 6. The lowest BCUT2D eigenvalue weighted by atomic mass is 9.93. The first-order valence-corrected chi connectivity index (χ1v) is 6.58. The van der Waals surface area contributed by atoms with Crippen LogP contribution in [0.25, 0.3) is 0 Å². The molecule has 0 bridgehead atoms. The van der Waals surface area contributed by atoms with Gasteiger partial charge in [-0.2, -0.15) is 0 Å². The van der Waals surface area contributed by atoms with E-state index in [0.717, 1.165) is 5.56 Å². The molecule has 1 aromatic rings. The third kappa shape index (κ3) is 4.57. The number of nitrogen functional groups attached to an aromatic ring is 1. The maximum Gasteiger partial charge on any atom is 0.310 e. The van der Waals surface area contributed by atoms with Crippen molar-refractivity contribution in [2.75, 3.05) is 12.3 Å². The van der Waals surface area contributed by atoms with Gasteiger partial charge in [-0.3, -0.25) is 9.59 Å². The Kier molecular flexibility index (Phi) is 5.13. The summed E-state index contributed by atoms with van der Waals surface area (Å²) in [5.74, 6) is -1.02. The third-order valence-electron chi connectivity index (χ3n) is 3.30. The normalized spacial score (nSPS) is 12.8. The average Bonchev–Trinajstić information content (AvgIpc) is 2.37. The number of carbonyl (C=O) groups excluding carboxylic acids is 1. The lowest BCUT2D eigenvalue weighted by Gasteiger charge is -2.20. The van der Waals surface area contributed by atoms with Gasteiger partial charge in [0.15, 0.2) is 0 Å². The first-order chi connectivity index (χ1) is 9.22. The topological polar surface area (TPSA) is 92.4 Å². The van der Waals surface area contributed by atoms with E-state index in [-0.39, 0.29) is 18.4 Å². The van der Waals surface area contributed by atoms with Crippen molar-refractivity contribution in [1.82, 2.24) is 5.32 Å². The quantitative estimate of drug-likeness (QED) is 0.694. The molecule has 1 atom stereocenters. The number of hydrogen-bond acceptors (Lipinski definition) is 3. The Balaban J connectivity index is 2.50. The van der Waals surface area contributed by atoms with E-state index >= 15 is 0 Å². The van der Waals surface area contributed by atoms with Crippen LogP contribution in [0, 0.1) is 5.41 Å². The zero-order valence-electron chi connectivity index (χ0n) is 12.1.